The van der Waals surface area contributed by atoms with Crippen LogP contribution in [0.1, 0.15) is 45.6 Å². The predicted molar refractivity (Wildman–Crippen MR) is 87.1 cm³/mol. The first-order chi connectivity index (χ1) is 9.65. The fourth-order valence-corrected chi connectivity index (χ4v) is 3.10. The summed E-state index contributed by atoms with van der Waals surface area (Å²) in [6.07, 6.45) is 5.01. The molecule has 0 aromatic heterocycles. The summed E-state index contributed by atoms with van der Waals surface area (Å²) in [6, 6.07) is 12.9. The summed E-state index contributed by atoms with van der Waals surface area (Å²) in [5.74, 6) is 0. The second-order valence-corrected chi connectivity index (χ2v) is 6.50. The van der Waals surface area contributed by atoms with Gasteiger partial charge in [-0.25, -0.2) is 0 Å². The van der Waals surface area contributed by atoms with Crippen LogP contribution in [-0.2, 0) is 6.42 Å². The lowest BCUT2D eigenvalue weighted by molar-refractivity contribution is 0.156. The van der Waals surface area contributed by atoms with Crippen LogP contribution in [0.3, 0.4) is 0 Å². The maximum Gasteiger partial charge on any atom is 0.00938 e. The van der Waals surface area contributed by atoms with Gasteiger partial charge in [0.05, 0.1) is 0 Å². The van der Waals surface area contributed by atoms with Crippen molar-refractivity contribution in [1.29, 1.82) is 0 Å². The Morgan fingerprint density at radius 3 is 2.35 bits per heavy atom. The Labute approximate surface area is 124 Å². The van der Waals surface area contributed by atoms with Crippen molar-refractivity contribution in [1.82, 2.24) is 10.2 Å². The molecule has 1 unspecified atom stereocenters. The van der Waals surface area contributed by atoms with Crippen molar-refractivity contribution in [3.63, 3.8) is 0 Å². The molecule has 0 aliphatic carbocycles. The van der Waals surface area contributed by atoms with E-state index in [0.29, 0.717) is 12.1 Å². The minimum atomic E-state index is 0.616. The summed E-state index contributed by atoms with van der Waals surface area (Å²) in [6.45, 7) is 9.44. The number of nitrogens with one attached hydrogen (secondary N) is 1. The van der Waals surface area contributed by atoms with E-state index in [9.17, 15) is 0 Å². The van der Waals surface area contributed by atoms with Gasteiger partial charge in [-0.05, 0) is 65.1 Å². The van der Waals surface area contributed by atoms with Crippen molar-refractivity contribution in [3.05, 3.63) is 35.9 Å². The molecule has 112 valence electrons. The van der Waals surface area contributed by atoms with Gasteiger partial charge in [-0.1, -0.05) is 30.3 Å². The molecule has 1 aliphatic heterocycles. The van der Waals surface area contributed by atoms with Gasteiger partial charge >= 0.3 is 0 Å². The van der Waals surface area contributed by atoms with Gasteiger partial charge < -0.3 is 10.2 Å². The van der Waals surface area contributed by atoms with Crippen LogP contribution < -0.4 is 5.32 Å². The molecule has 1 aromatic rings. The van der Waals surface area contributed by atoms with Crippen LogP contribution in [-0.4, -0.2) is 36.1 Å². The fraction of sp³-hybridized carbons (Fsp3) is 0.667. The maximum absolute atomic E-state index is 3.82. The molecule has 0 amide bonds. The zero-order chi connectivity index (χ0) is 14.4. The highest BCUT2D eigenvalue weighted by molar-refractivity contribution is 5.14. The molecule has 1 atom stereocenters. The molecule has 0 bridgehead atoms. The molecule has 1 saturated heterocycles. The predicted octanol–water partition coefficient (Wildman–Crippen LogP) is 3.47. The molecular formula is C18H30N2. The van der Waals surface area contributed by atoms with E-state index in [-0.39, 0.29) is 0 Å². The van der Waals surface area contributed by atoms with E-state index in [1.54, 1.807) is 0 Å². The molecule has 1 heterocycles. The van der Waals surface area contributed by atoms with Crippen LogP contribution in [0.5, 0.6) is 0 Å². The van der Waals surface area contributed by atoms with Gasteiger partial charge in [-0.2, -0.15) is 0 Å². The summed E-state index contributed by atoms with van der Waals surface area (Å²) < 4.78 is 0. The Bertz CT molecular complexity index is 366. The SMILES string of the molecule is CC(CCc1ccccc1)NC1CCN(C(C)C)CC1. The number of benzene rings is 1. The quantitative estimate of drug-likeness (QED) is 0.854. The number of rotatable bonds is 6. The van der Waals surface area contributed by atoms with E-state index in [1.807, 2.05) is 0 Å². The molecule has 2 nitrogen and oxygen atoms in total. The standard InChI is InChI=1S/C18H30N2/c1-15(2)20-13-11-18(12-14-20)19-16(3)9-10-17-7-5-4-6-8-17/h4-8,15-16,18-19H,9-14H2,1-3H3. The van der Waals surface area contributed by atoms with Crippen molar-refractivity contribution in [3.8, 4) is 0 Å². The van der Waals surface area contributed by atoms with Gasteiger partial charge in [0, 0.05) is 18.1 Å². The van der Waals surface area contributed by atoms with Gasteiger partial charge in [-0.15, -0.1) is 0 Å². The second kappa shape index (κ2) is 7.80. The Morgan fingerprint density at radius 1 is 1.10 bits per heavy atom. The summed E-state index contributed by atoms with van der Waals surface area (Å²) in [5, 5.41) is 3.82. The summed E-state index contributed by atoms with van der Waals surface area (Å²) >= 11 is 0. The van der Waals surface area contributed by atoms with Crippen LogP contribution in [0.4, 0.5) is 0 Å². The number of hydrogen-bond donors (Lipinski definition) is 1. The summed E-state index contributed by atoms with van der Waals surface area (Å²) in [7, 11) is 0. The van der Waals surface area contributed by atoms with Crippen molar-refractivity contribution < 1.29 is 0 Å². The topological polar surface area (TPSA) is 15.3 Å². The monoisotopic (exact) mass is 274 g/mol. The first-order valence-corrected chi connectivity index (χ1v) is 8.19. The highest BCUT2D eigenvalue weighted by atomic mass is 15.2. The van der Waals surface area contributed by atoms with Crippen molar-refractivity contribution >= 4 is 0 Å². The minimum absolute atomic E-state index is 0.616. The molecule has 20 heavy (non-hydrogen) atoms. The second-order valence-electron chi connectivity index (χ2n) is 6.50. The van der Waals surface area contributed by atoms with Gasteiger partial charge in [0.2, 0.25) is 0 Å². The zero-order valence-electron chi connectivity index (χ0n) is 13.3. The zero-order valence-corrected chi connectivity index (χ0v) is 13.3. The molecule has 0 radical (unpaired) electrons. The van der Waals surface area contributed by atoms with Gasteiger partial charge in [0.1, 0.15) is 0 Å². The number of piperidine rings is 1. The third-order valence-electron chi connectivity index (χ3n) is 4.49. The van der Waals surface area contributed by atoms with Gasteiger partial charge in [0.15, 0.2) is 0 Å². The Balaban J connectivity index is 1.66. The maximum atomic E-state index is 3.82. The number of likely N-dealkylation sites (tertiary alicyclic amines) is 1. The average molecular weight is 274 g/mol. The molecule has 0 saturated carbocycles. The van der Waals surface area contributed by atoms with Crippen molar-refractivity contribution in [2.24, 2.45) is 0 Å². The number of nitrogens with zero attached hydrogens (tertiary/aromatic N) is 1. The van der Waals surface area contributed by atoms with Gasteiger partial charge in [-0.3, -0.25) is 0 Å². The molecule has 1 N–H and O–H groups in total. The van der Waals surface area contributed by atoms with E-state index >= 15 is 0 Å². The molecule has 1 aromatic carbocycles. The molecule has 2 rings (SSSR count). The van der Waals surface area contributed by atoms with Gasteiger partial charge in [0.25, 0.3) is 0 Å². The van der Waals surface area contributed by atoms with Crippen LogP contribution in [0.15, 0.2) is 30.3 Å². The third-order valence-corrected chi connectivity index (χ3v) is 4.49. The van der Waals surface area contributed by atoms with Crippen molar-refractivity contribution in [2.45, 2.75) is 64.6 Å². The van der Waals surface area contributed by atoms with E-state index in [2.05, 4.69) is 61.3 Å². The Kier molecular flexibility index (Phi) is 6.06. The van der Waals surface area contributed by atoms with Crippen LogP contribution in [0.2, 0.25) is 0 Å². The molecule has 1 aliphatic rings. The van der Waals surface area contributed by atoms with Crippen LogP contribution in [0, 0.1) is 0 Å². The highest BCUT2D eigenvalue weighted by Crippen LogP contribution is 2.14. The average Bonchev–Trinajstić information content (AvgIpc) is 2.47. The number of hydrogen-bond acceptors (Lipinski definition) is 2. The Morgan fingerprint density at radius 2 is 1.75 bits per heavy atom. The summed E-state index contributed by atoms with van der Waals surface area (Å²) in [4.78, 5) is 2.59. The van der Waals surface area contributed by atoms with E-state index < -0.39 is 0 Å². The normalized spacial score (nSPS) is 19.4. The van der Waals surface area contributed by atoms with E-state index in [4.69, 9.17) is 0 Å². The highest BCUT2D eigenvalue weighted by Gasteiger charge is 2.21. The molecule has 1 fully saturated rings. The molecule has 2 heteroatoms. The van der Waals surface area contributed by atoms with Crippen LogP contribution in [0.25, 0.3) is 0 Å². The smallest absolute Gasteiger partial charge is 0.00938 e. The largest absolute Gasteiger partial charge is 0.311 e. The molecular weight excluding hydrogens is 244 g/mol. The van der Waals surface area contributed by atoms with E-state index in [1.165, 1.54) is 44.3 Å². The lowest BCUT2D eigenvalue weighted by atomic mass is 10.0. The lowest BCUT2D eigenvalue weighted by Crippen LogP contribution is -2.47. The lowest BCUT2D eigenvalue weighted by Gasteiger charge is -2.36. The summed E-state index contributed by atoms with van der Waals surface area (Å²) in [5.41, 5.74) is 1.45. The first kappa shape index (κ1) is 15.5. The molecule has 0 spiro atoms. The third kappa shape index (κ3) is 4.92. The van der Waals surface area contributed by atoms with Crippen LogP contribution >= 0.6 is 0 Å². The fourth-order valence-electron chi connectivity index (χ4n) is 3.10. The van der Waals surface area contributed by atoms with E-state index in [0.717, 1.165) is 6.04 Å². The van der Waals surface area contributed by atoms with Crippen molar-refractivity contribution in [2.75, 3.05) is 13.1 Å². The number of aryl methyl sites for hydroxylation is 1. The minimum Gasteiger partial charge on any atom is -0.311 e. The first-order valence-electron chi connectivity index (χ1n) is 8.19. The Hall–Kier alpha value is -0.860.